The summed E-state index contributed by atoms with van der Waals surface area (Å²) in [5.41, 5.74) is 3.36. The predicted molar refractivity (Wildman–Crippen MR) is 82.3 cm³/mol. The van der Waals surface area contributed by atoms with E-state index < -0.39 is 0 Å². The number of carbonyl (C=O) groups is 1. The second-order valence-corrected chi connectivity index (χ2v) is 6.16. The molecule has 2 heterocycles. The summed E-state index contributed by atoms with van der Waals surface area (Å²) in [5.74, 6) is 5.30. The van der Waals surface area contributed by atoms with E-state index in [2.05, 4.69) is 22.3 Å². The topological polar surface area (TPSA) is 61.6 Å². The first-order valence-corrected chi connectivity index (χ1v) is 7.72. The monoisotopic (exact) mass is 288 g/mol. The molecule has 21 heavy (non-hydrogen) atoms. The second-order valence-electron chi connectivity index (χ2n) is 6.16. The van der Waals surface area contributed by atoms with E-state index >= 15 is 0 Å². The molecule has 2 aliphatic heterocycles. The third-order valence-electron chi connectivity index (χ3n) is 5.05. The smallest absolute Gasteiger partial charge is 0.255 e. The highest BCUT2D eigenvalue weighted by Crippen LogP contribution is 2.32. The van der Waals surface area contributed by atoms with Crippen molar-refractivity contribution >= 4 is 5.91 Å². The van der Waals surface area contributed by atoms with Crippen molar-refractivity contribution in [1.29, 1.82) is 0 Å². The normalized spacial score (nSPS) is 28.1. The van der Waals surface area contributed by atoms with E-state index in [1.807, 2.05) is 30.3 Å². The van der Waals surface area contributed by atoms with Gasteiger partial charge in [-0.25, -0.2) is 5.84 Å². The first-order valence-electron chi connectivity index (χ1n) is 7.72. The average Bonchev–Trinajstić information content (AvgIpc) is 2.76. The van der Waals surface area contributed by atoms with E-state index in [0.717, 1.165) is 25.1 Å². The molecule has 1 aromatic rings. The summed E-state index contributed by atoms with van der Waals surface area (Å²) in [4.78, 5) is 17.1. The van der Waals surface area contributed by atoms with Gasteiger partial charge in [-0.05, 0) is 31.9 Å². The van der Waals surface area contributed by atoms with Gasteiger partial charge in [0.25, 0.3) is 5.91 Å². The number of nitrogens with two attached hydrogens (primary N) is 1. The van der Waals surface area contributed by atoms with Crippen LogP contribution in [0.5, 0.6) is 0 Å². The van der Waals surface area contributed by atoms with E-state index in [1.54, 1.807) is 0 Å². The lowest BCUT2D eigenvalue weighted by Crippen LogP contribution is -2.46. The number of nitrogens with one attached hydrogen (secondary N) is 1. The van der Waals surface area contributed by atoms with Crippen LogP contribution in [0.4, 0.5) is 0 Å². The lowest BCUT2D eigenvalue weighted by Gasteiger charge is -2.32. The van der Waals surface area contributed by atoms with Gasteiger partial charge in [0, 0.05) is 25.2 Å². The third-order valence-corrected chi connectivity index (χ3v) is 5.05. The van der Waals surface area contributed by atoms with Crippen LogP contribution < -0.4 is 11.3 Å². The minimum atomic E-state index is -0.288. The van der Waals surface area contributed by atoms with E-state index in [0.29, 0.717) is 12.1 Å². The first kappa shape index (κ1) is 14.5. The Kier molecular flexibility index (Phi) is 4.24. The molecule has 1 amide bonds. The van der Waals surface area contributed by atoms with Crippen LogP contribution in [0.15, 0.2) is 30.3 Å². The number of carbonyl (C=O) groups excluding carboxylic acids is 1. The molecule has 3 N–H and O–H groups in total. The molecule has 1 aromatic carbocycles. The quantitative estimate of drug-likeness (QED) is 0.492. The Balaban J connectivity index is 1.85. The van der Waals surface area contributed by atoms with Gasteiger partial charge >= 0.3 is 0 Å². The summed E-state index contributed by atoms with van der Waals surface area (Å²) in [7, 11) is 2.21. The van der Waals surface area contributed by atoms with Crippen molar-refractivity contribution in [1.82, 2.24) is 15.2 Å². The maximum absolute atomic E-state index is 12.3. The van der Waals surface area contributed by atoms with Crippen LogP contribution in [0.3, 0.4) is 0 Å². The average molecular weight is 288 g/mol. The van der Waals surface area contributed by atoms with Gasteiger partial charge in [-0.1, -0.05) is 30.3 Å². The number of amides is 1. The zero-order chi connectivity index (χ0) is 14.8. The van der Waals surface area contributed by atoms with Crippen molar-refractivity contribution in [3.63, 3.8) is 0 Å². The van der Waals surface area contributed by atoms with E-state index in [1.165, 1.54) is 12.8 Å². The summed E-state index contributed by atoms with van der Waals surface area (Å²) in [5, 5.41) is 0. The Morgan fingerprint density at radius 1 is 1.24 bits per heavy atom. The van der Waals surface area contributed by atoms with Crippen molar-refractivity contribution in [3.8, 4) is 0 Å². The van der Waals surface area contributed by atoms with Gasteiger partial charge in [0.05, 0.1) is 0 Å². The highest BCUT2D eigenvalue weighted by Gasteiger charge is 2.38. The van der Waals surface area contributed by atoms with Gasteiger partial charge in [0.15, 0.2) is 0 Å². The Hall–Kier alpha value is -1.43. The fourth-order valence-corrected chi connectivity index (χ4v) is 3.81. The maximum atomic E-state index is 12.3. The van der Waals surface area contributed by atoms with Crippen LogP contribution in [0.1, 0.15) is 30.9 Å². The number of likely N-dealkylation sites (N-methyl/N-ethyl adjacent to an activating group) is 1. The number of hydrogen-bond donors (Lipinski definition) is 2. The van der Waals surface area contributed by atoms with E-state index in [4.69, 9.17) is 5.84 Å². The molecule has 2 bridgehead atoms. The Morgan fingerprint density at radius 3 is 2.67 bits per heavy atom. The molecule has 0 aliphatic carbocycles. The number of fused-ring (bicyclic) bond motifs is 2. The van der Waals surface area contributed by atoms with Crippen LogP contribution in [-0.4, -0.2) is 47.9 Å². The summed E-state index contributed by atoms with van der Waals surface area (Å²) >= 11 is 0. The van der Waals surface area contributed by atoms with Gasteiger partial charge in [-0.3, -0.25) is 20.0 Å². The van der Waals surface area contributed by atoms with E-state index in [9.17, 15) is 4.79 Å². The lowest BCUT2D eigenvalue weighted by atomic mass is 10.0. The summed E-state index contributed by atoms with van der Waals surface area (Å²) < 4.78 is 0. The van der Waals surface area contributed by atoms with Crippen LogP contribution in [0.25, 0.3) is 0 Å². The van der Waals surface area contributed by atoms with Crippen molar-refractivity contribution < 1.29 is 4.79 Å². The summed E-state index contributed by atoms with van der Waals surface area (Å²) in [6, 6.07) is 10.9. The number of benzene rings is 1. The number of rotatable bonds is 3. The maximum Gasteiger partial charge on any atom is 0.255 e. The Morgan fingerprint density at radius 2 is 1.95 bits per heavy atom. The molecule has 3 rings (SSSR count). The molecular weight excluding hydrogens is 264 g/mol. The standard InChI is InChI=1S/C16H24N4O/c1-19-13-7-8-14(19)11-20(10-9-13)15(16(21)18-17)12-5-3-2-4-6-12/h2-6,13-15H,7-11,17H2,1H3,(H,18,21). The molecule has 0 spiro atoms. The SMILES string of the molecule is CN1C2CCC1CN(C(C(=O)NN)c1ccccc1)CC2. The number of nitrogens with zero attached hydrogens (tertiary/aromatic N) is 2. The fourth-order valence-electron chi connectivity index (χ4n) is 3.81. The van der Waals surface area contributed by atoms with Crippen LogP contribution in [0, 0.1) is 0 Å². The number of hydrogen-bond acceptors (Lipinski definition) is 4. The summed E-state index contributed by atoms with van der Waals surface area (Å²) in [6.07, 6.45) is 3.63. The molecule has 114 valence electrons. The molecule has 5 nitrogen and oxygen atoms in total. The molecule has 2 fully saturated rings. The van der Waals surface area contributed by atoms with Crippen LogP contribution >= 0.6 is 0 Å². The van der Waals surface area contributed by atoms with Crippen LogP contribution in [0.2, 0.25) is 0 Å². The van der Waals surface area contributed by atoms with Gasteiger partial charge in [0.2, 0.25) is 0 Å². The van der Waals surface area contributed by atoms with Crippen molar-refractivity contribution in [3.05, 3.63) is 35.9 Å². The van der Waals surface area contributed by atoms with Crippen LogP contribution in [-0.2, 0) is 4.79 Å². The Labute approximate surface area is 126 Å². The van der Waals surface area contributed by atoms with Gasteiger partial charge in [-0.15, -0.1) is 0 Å². The first-order chi connectivity index (χ1) is 10.2. The highest BCUT2D eigenvalue weighted by molar-refractivity contribution is 5.82. The summed E-state index contributed by atoms with van der Waals surface area (Å²) in [6.45, 7) is 1.87. The largest absolute Gasteiger partial charge is 0.299 e. The van der Waals surface area contributed by atoms with E-state index in [-0.39, 0.29) is 11.9 Å². The molecule has 0 saturated carbocycles. The van der Waals surface area contributed by atoms with Crippen molar-refractivity contribution in [2.75, 3.05) is 20.1 Å². The van der Waals surface area contributed by atoms with Crippen molar-refractivity contribution in [2.45, 2.75) is 37.4 Å². The molecule has 0 radical (unpaired) electrons. The molecule has 0 aromatic heterocycles. The number of hydrazine groups is 1. The van der Waals surface area contributed by atoms with Gasteiger partial charge < -0.3 is 0 Å². The highest BCUT2D eigenvalue weighted by atomic mass is 16.2. The van der Waals surface area contributed by atoms with Crippen molar-refractivity contribution in [2.24, 2.45) is 5.84 Å². The van der Waals surface area contributed by atoms with Gasteiger partial charge in [-0.2, -0.15) is 0 Å². The fraction of sp³-hybridized carbons (Fsp3) is 0.562. The second kappa shape index (κ2) is 6.13. The minimum Gasteiger partial charge on any atom is -0.299 e. The molecule has 5 heteroatoms. The third kappa shape index (κ3) is 2.81. The Bertz CT molecular complexity index is 492. The zero-order valence-corrected chi connectivity index (χ0v) is 12.5. The van der Waals surface area contributed by atoms with Gasteiger partial charge in [0.1, 0.15) is 6.04 Å². The number of likely N-dealkylation sites (tertiary alicyclic amines) is 1. The molecule has 2 aliphatic rings. The zero-order valence-electron chi connectivity index (χ0n) is 12.5. The minimum absolute atomic E-state index is 0.123. The molecular formula is C16H24N4O. The predicted octanol–water partition coefficient (Wildman–Crippen LogP) is 0.886. The lowest BCUT2D eigenvalue weighted by molar-refractivity contribution is -0.127. The molecule has 2 saturated heterocycles. The molecule has 3 unspecified atom stereocenters. The molecule has 3 atom stereocenters.